The lowest BCUT2D eigenvalue weighted by atomic mass is 9.81. The maximum atomic E-state index is 13.7. The van der Waals surface area contributed by atoms with Gasteiger partial charge in [-0.1, -0.05) is 13.0 Å². The molecule has 15 heavy (non-hydrogen) atoms. The molecule has 0 N–H and O–H groups in total. The van der Waals surface area contributed by atoms with E-state index >= 15 is 0 Å². The molecule has 0 bridgehead atoms. The average molecular weight is 204 g/mol. The van der Waals surface area contributed by atoms with Crippen LogP contribution in [0, 0.1) is 17.1 Å². The Morgan fingerprint density at radius 2 is 2.33 bits per heavy atom. The topological polar surface area (TPSA) is 27.0 Å². The minimum Gasteiger partial charge on any atom is -0.373 e. The van der Waals surface area contributed by atoms with E-state index in [1.54, 1.807) is 6.07 Å². The largest absolute Gasteiger partial charge is 0.373 e. The number of nitriles is 1. The van der Waals surface area contributed by atoms with Crippen LogP contribution in [0.25, 0.3) is 0 Å². The Labute approximate surface area is 88.9 Å². The Balaban J connectivity index is 2.58. The highest BCUT2D eigenvalue weighted by molar-refractivity contribution is 5.62. The van der Waals surface area contributed by atoms with Crippen molar-refractivity contribution in [2.45, 2.75) is 18.8 Å². The van der Waals surface area contributed by atoms with Crippen molar-refractivity contribution in [2.75, 3.05) is 18.5 Å². The SMILES string of the molecule is CN1C[C@](C)(CC#N)c2c(F)cccc21. The maximum Gasteiger partial charge on any atom is 0.129 e. The zero-order valence-corrected chi connectivity index (χ0v) is 8.92. The van der Waals surface area contributed by atoms with Crippen LogP contribution in [-0.2, 0) is 5.41 Å². The van der Waals surface area contributed by atoms with Crippen molar-refractivity contribution in [2.24, 2.45) is 0 Å². The molecule has 1 aliphatic rings. The molecule has 1 aromatic carbocycles. The Morgan fingerprint density at radius 1 is 1.60 bits per heavy atom. The number of hydrogen-bond acceptors (Lipinski definition) is 2. The molecule has 2 rings (SSSR count). The van der Waals surface area contributed by atoms with Crippen LogP contribution < -0.4 is 4.90 Å². The molecule has 3 heteroatoms. The Bertz CT molecular complexity index is 436. The number of rotatable bonds is 1. The molecule has 0 saturated carbocycles. The van der Waals surface area contributed by atoms with Gasteiger partial charge in [-0.2, -0.15) is 5.26 Å². The Morgan fingerprint density at radius 3 is 3.00 bits per heavy atom. The van der Waals surface area contributed by atoms with Crippen molar-refractivity contribution < 1.29 is 4.39 Å². The van der Waals surface area contributed by atoms with Crippen LogP contribution in [0.1, 0.15) is 18.9 Å². The van der Waals surface area contributed by atoms with Crippen LogP contribution in [0.3, 0.4) is 0 Å². The molecule has 78 valence electrons. The summed E-state index contributed by atoms with van der Waals surface area (Å²) in [5.74, 6) is -0.199. The summed E-state index contributed by atoms with van der Waals surface area (Å²) in [7, 11) is 1.93. The van der Waals surface area contributed by atoms with Crippen LogP contribution in [0.15, 0.2) is 18.2 Å². The minimum absolute atomic E-state index is 0.199. The van der Waals surface area contributed by atoms with Crippen molar-refractivity contribution in [3.8, 4) is 6.07 Å². The lowest BCUT2D eigenvalue weighted by molar-refractivity contribution is 0.485. The number of anilines is 1. The van der Waals surface area contributed by atoms with Gasteiger partial charge >= 0.3 is 0 Å². The number of likely N-dealkylation sites (N-methyl/N-ethyl adjacent to an activating group) is 1. The monoisotopic (exact) mass is 204 g/mol. The predicted octanol–water partition coefficient (Wildman–Crippen LogP) is 2.45. The van der Waals surface area contributed by atoms with E-state index in [2.05, 4.69) is 6.07 Å². The third-order valence-corrected chi connectivity index (χ3v) is 3.06. The predicted molar refractivity (Wildman–Crippen MR) is 57.3 cm³/mol. The zero-order chi connectivity index (χ0) is 11.1. The quantitative estimate of drug-likeness (QED) is 0.702. The van der Waals surface area contributed by atoms with Crippen molar-refractivity contribution >= 4 is 5.69 Å². The fourth-order valence-electron chi connectivity index (χ4n) is 2.43. The summed E-state index contributed by atoms with van der Waals surface area (Å²) in [4.78, 5) is 2.01. The number of nitrogens with zero attached hydrogens (tertiary/aromatic N) is 2. The lowest BCUT2D eigenvalue weighted by Gasteiger charge is -2.21. The fourth-order valence-corrected chi connectivity index (χ4v) is 2.43. The van der Waals surface area contributed by atoms with Crippen molar-refractivity contribution in [3.05, 3.63) is 29.6 Å². The molecule has 0 saturated heterocycles. The van der Waals surface area contributed by atoms with E-state index in [1.165, 1.54) is 6.07 Å². The van der Waals surface area contributed by atoms with Crippen LogP contribution in [0.4, 0.5) is 10.1 Å². The van der Waals surface area contributed by atoms with E-state index in [1.807, 2.05) is 24.9 Å². The smallest absolute Gasteiger partial charge is 0.129 e. The summed E-state index contributed by atoms with van der Waals surface area (Å²) in [5.41, 5.74) is 1.23. The standard InChI is InChI=1S/C12H13FN2/c1-12(6-7-14)8-15(2)10-5-3-4-9(13)11(10)12/h3-5H,6,8H2,1-2H3/t12-/m0/s1. The zero-order valence-electron chi connectivity index (χ0n) is 8.92. The van der Waals surface area contributed by atoms with E-state index < -0.39 is 0 Å². The first kappa shape index (κ1) is 9.97. The summed E-state index contributed by atoms with van der Waals surface area (Å²) < 4.78 is 13.7. The molecule has 1 aromatic rings. The first-order valence-electron chi connectivity index (χ1n) is 4.95. The van der Waals surface area contributed by atoms with Crippen LogP contribution in [-0.4, -0.2) is 13.6 Å². The summed E-state index contributed by atoms with van der Waals surface area (Å²) in [5, 5.41) is 8.80. The highest BCUT2D eigenvalue weighted by atomic mass is 19.1. The van der Waals surface area contributed by atoms with E-state index in [9.17, 15) is 4.39 Å². The normalized spacial score (nSPS) is 23.7. The number of fused-ring (bicyclic) bond motifs is 1. The van der Waals surface area contributed by atoms with Crippen LogP contribution in [0.2, 0.25) is 0 Å². The average Bonchev–Trinajstić information content (AvgIpc) is 2.41. The van der Waals surface area contributed by atoms with Gasteiger partial charge < -0.3 is 4.90 Å². The second-order valence-electron chi connectivity index (χ2n) is 4.39. The van der Waals surface area contributed by atoms with Gasteiger partial charge in [0.2, 0.25) is 0 Å². The van der Waals surface area contributed by atoms with E-state index in [-0.39, 0.29) is 11.2 Å². The number of halogens is 1. The summed E-state index contributed by atoms with van der Waals surface area (Å²) in [6.45, 7) is 2.65. The van der Waals surface area contributed by atoms with Gasteiger partial charge in [0.05, 0.1) is 6.07 Å². The molecule has 0 aromatic heterocycles. The van der Waals surface area contributed by atoms with Crippen molar-refractivity contribution in [3.63, 3.8) is 0 Å². The van der Waals surface area contributed by atoms with Gasteiger partial charge in [0.1, 0.15) is 5.82 Å². The van der Waals surface area contributed by atoms with Crippen molar-refractivity contribution in [1.82, 2.24) is 0 Å². The molecule has 0 spiro atoms. The van der Waals surface area contributed by atoms with Crippen molar-refractivity contribution in [1.29, 1.82) is 5.26 Å². The second-order valence-corrected chi connectivity index (χ2v) is 4.39. The fraction of sp³-hybridized carbons (Fsp3) is 0.417. The van der Waals surface area contributed by atoms with Gasteiger partial charge in [0.25, 0.3) is 0 Å². The number of benzene rings is 1. The summed E-state index contributed by atoms with van der Waals surface area (Å²) in [6.07, 6.45) is 0.352. The third kappa shape index (κ3) is 1.37. The van der Waals surface area contributed by atoms with Gasteiger partial charge in [0, 0.05) is 36.7 Å². The lowest BCUT2D eigenvalue weighted by Crippen LogP contribution is -2.28. The van der Waals surface area contributed by atoms with Gasteiger partial charge in [-0.15, -0.1) is 0 Å². The molecule has 0 aliphatic carbocycles. The summed E-state index contributed by atoms with van der Waals surface area (Å²) >= 11 is 0. The molecule has 1 aliphatic heterocycles. The molecule has 0 unspecified atom stereocenters. The van der Waals surface area contributed by atoms with E-state index in [4.69, 9.17) is 5.26 Å². The molecular formula is C12H13FN2. The first-order valence-corrected chi connectivity index (χ1v) is 4.95. The van der Waals surface area contributed by atoms with Crippen LogP contribution >= 0.6 is 0 Å². The highest BCUT2D eigenvalue weighted by Crippen LogP contribution is 2.43. The number of hydrogen-bond donors (Lipinski definition) is 0. The molecule has 1 heterocycles. The van der Waals surface area contributed by atoms with Gasteiger partial charge in [0.15, 0.2) is 0 Å². The minimum atomic E-state index is -0.371. The highest BCUT2D eigenvalue weighted by Gasteiger charge is 2.39. The molecule has 1 atom stereocenters. The van der Waals surface area contributed by atoms with E-state index in [0.29, 0.717) is 18.5 Å². The molecule has 0 radical (unpaired) electrons. The second kappa shape index (κ2) is 3.23. The molecular weight excluding hydrogens is 191 g/mol. The van der Waals surface area contributed by atoms with Gasteiger partial charge in [-0.3, -0.25) is 0 Å². The molecule has 2 nitrogen and oxygen atoms in total. The molecule has 0 amide bonds. The van der Waals surface area contributed by atoms with Gasteiger partial charge in [-0.25, -0.2) is 4.39 Å². The maximum absolute atomic E-state index is 13.7. The third-order valence-electron chi connectivity index (χ3n) is 3.06. The van der Waals surface area contributed by atoms with E-state index in [0.717, 1.165) is 5.69 Å². The van der Waals surface area contributed by atoms with Gasteiger partial charge in [-0.05, 0) is 12.1 Å². The Hall–Kier alpha value is -1.56. The molecule has 0 fully saturated rings. The Kier molecular flexibility index (Phi) is 2.15. The summed E-state index contributed by atoms with van der Waals surface area (Å²) in [6, 6.07) is 7.23. The van der Waals surface area contributed by atoms with Crippen LogP contribution in [0.5, 0.6) is 0 Å². The first-order chi connectivity index (χ1) is 7.08.